The molecule has 2 amide bonds. The highest BCUT2D eigenvalue weighted by atomic mass is 16.5. The summed E-state index contributed by atoms with van der Waals surface area (Å²) in [6.07, 6.45) is 1.39. The summed E-state index contributed by atoms with van der Waals surface area (Å²) in [5, 5.41) is 9.57. The minimum Gasteiger partial charge on any atom is -0.394 e. The lowest BCUT2D eigenvalue weighted by Crippen LogP contribution is -2.63. The van der Waals surface area contributed by atoms with Gasteiger partial charge < -0.3 is 9.84 Å². The van der Waals surface area contributed by atoms with E-state index in [2.05, 4.69) is 0 Å². The minimum atomic E-state index is -0.751. The molecular weight excluding hydrogens is 222 g/mol. The van der Waals surface area contributed by atoms with Crippen LogP contribution in [0.1, 0.15) is 39.5 Å². The van der Waals surface area contributed by atoms with E-state index >= 15 is 0 Å². The molecule has 0 spiro atoms. The highest BCUT2D eigenvalue weighted by molar-refractivity contribution is 6.03. The number of morpholine rings is 1. The predicted octanol–water partition coefficient (Wildman–Crippen LogP) is 0.454. The van der Waals surface area contributed by atoms with E-state index in [9.17, 15) is 14.7 Å². The molecule has 0 aromatic rings. The molecule has 0 aromatic carbocycles. The third-order valence-electron chi connectivity index (χ3n) is 4.10. The van der Waals surface area contributed by atoms with Crippen molar-refractivity contribution in [2.75, 3.05) is 6.61 Å². The Labute approximate surface area is 101 Å². The van der Waals surface area contributed by atoms with Gasteiger partial charge in [0.2, 0.25) is 0 Å². The number of hydrogen-bond acceptors (Lipinski definition) is 4. The summed E-state index contributed by atoms with van der Waals surface area (Å²) in [6, 6.07) is 0. The van der Waals surface area contributed by atoms with Crippen LogP contribution in [0.15, 0.2) is 0 Å². The van der Waals surface area contributed by atoms with Crippen LogP contribution in [-0.2, 0) is 14.3 Å². The average Bonchev–Trinajstić information content (AvgIpc) is 2.80. The molecule has 2 rings (SSSR count). The van der Waals surface area contributed by atoms with Crippen LogP contribution >= 0.6 is 0 Å². The van der Waals surface area contributed by atoms with Crippen molar-refractivity contribution >= 4 is 11.8 Å². The number of rotatable bonds is 4. The first-order valence-corrected chi connectivity index (χ1v) is 6.24. The highest BCUT2D eigenvalue weighted by Gasteiger charge is 2.52. The topological polar surface area (TPSA) is 66.8 Å². The zero-order chi connectivity index (χ0) is 12.6. The van der Waals surface area contributed by atoms with Crippen LogP contribution < -0.4 is 0 Å². The summed E-state index contributed by atoms with van der Waals surface area (Å²) in [6.45, 7) is 3.59. The number of aliphatic hydroxyl groups excluding tert-OH is 1. The van der Waals surface area contributed by atoms with Crippen LogP contribution in [0.25, 0.3) is 0 Å². The average molecular weight is 241 g/mol. The van der Waals surface area contributed by atoms with Crippen molar-refractivity contribution in [1.82, 2.24) is 4.90 Å². The number of carbonyl (C=O) groups is 2. The maximum absolute atomic E-state index is 12.2. The van der Waals surface area contributed by atoms with Crippen molar-refractivity contribution in [3.05, 3.63) is 0 Å². The molecule has 96 valence electrons. The Morgan fingerprint density at radius 3 is 2.06 bits per heavy atom. The Kier molecular flexibility index (Phi) is 3.23. The molecule has 2 atom stereocenters. The van der Waals surface area contributed by atoms with Gasteiger partial charge >= 0.3 is 0 Å². The van der Waals surface area contributed by atoms with E-state index in [1.807, 2.05) is 13.8 Å². The van der Waals surface area contributed by atoms with Crippen molar-refractivity contribution in [3.63, 3.8) is 0 Å². The molecule has 2 heterocycles. The zero-order valence-electron chi connectivity index (χ0n) is 10.3. The molecule has 0 aliphatic carbocycles. The van der Waals surface area contributed by atoms with Crippen molar-refractivity contribution < 1.29 is 19.4 Å². The Balaban J connectivity index is 2.35. The molecule has 2 bridgehead atoms. The minimum absolute atomic E-state index is 0.184. The van der Waals surface area contributed by atoms with Gasteiger partial charge in [0.25, 0.3) is 11.8 Å². The van der Waals surface area contributed by atoms with Gasteiger partial charge in [-0.3, -0.25) is 14.5 Å². The highest BCUT2D eigenvalue weighted by Crippen LogP contribution is 2.35. The van der Waals surface area contributed by atoms with Gasteiger partial charge in [0.1, 0.15) is 12.2 Å². The van der Waals surface area contributed by atoms with Crippen molar-refractivity contribution in [3.8, 4) is 0 Å². The molecular formula is C12H19NO4. The second-order valence-electron chi connectivity index (χ2n) is 4.79. The quantitative estimate of drug-likeness (QED) is 0.726. The Hall–Kier alpha value is -0.940. The molecule has 5 heteroatoms. The number of hydrogen-bond donors (Lipinski definition) is 1. The van der Waals surface area contributed by atoms with Gasteiger partial charge in [-0.15, -0.1) is 0 Å². The molecule has 2 aliphatic rings. The van der Waals surface area contributed by atoms with Gasteiger partial charge in [0, 0.05) is 0 Å². The van der Waals surface area contributed by atoms with Gasteiger partial charge in [-0.25, -0.2) is 0 Å². The molecule has 5 nitrogen and oxygen atoms in total. The van der Waals surface area contributed by atoms with Gasteiger partial charge in [0.05, 0.1) is 12.1 Å². The largest absolute Gasteiger partial charge is 0.394 e. The molecule has 17 heavy (non-hydrogen) atoms. The van der Waals surface area contributed by atoms with Crippen LogP contribution in [0.4, 0.5) is 0 Å². The van der Waals surface area contributed by atoms with Gasteiger partial charge in [0.15, 0.2) is 0 Å². The number of amides is 2. The smallest absolute Gasteiger partial charge is 0.259 e. The van der Waals surface area contributed by atoms with E-state index in [1.54, 1.807) is 0 Å². The van der Waals surface area contributed by atoms with Gasteiger partial charge in [-0.05, 0) is 25.7 Å². The lowest BCUT2D eigenvalue weighted by molar-refractivity contribution is -0.179. The summed E-state index contributed by atoms with van der Waals surface area (Å²) < 4.78 is 5.36. The molecule has 2 aliphatic heterocycles. The number of aliphatic hydroxyl groups is 1. The van der Waals surface area contributed by atoms with Gasteiger partial charge in [-0.2, -0.15) is 0 Å². The number of likely N-dealkylation sites (tertiary alicyclic amines) is 1. The van der Waals surface area contributed by atoms with Crippen LogP contribution in [0, 0.1) is 0 Å². The molecule has 2 unspecified atom stereocenters. The summed E-state index contributed by atoms with van der Waals surface area (Å²) in [7, 11) is 0. The fourth-order valence-corrected chi connectivity index (χ4v) is 2.73. The van der Waals surface area contributed by atoms with Crippen LogP contribution in [0.2, 0.25) is 0 Å². The maximum atomic E-state index is 12.2. The number of nitrogens with zero attached hydrogens (tertiary/aromatic N) is 1. The van der Waals surface area contributed by atoms with E-state index < -0.39 is 17.7 Å². The predicted molar refractivity (Wildman–Crippen MR) is 60.1 cm³/mol. The van der Waals surface area contributed by atoms with Crippen LogP contribution in [0.3, 0.4) is 0 Å². The summed E-state index contributed by atoms with van der Waals surface area (Å²) in [5.74, 6) is -0.553. The zero-order valence-corrected chi connectivity index (χ0v) is 10.3. The summed E-state index contributed by atoms with van der Waals surface area (Å²) in [4.78, 5) is 25.6. The van der Waals surface area contributed by atoms with Crippen LogP contribution in [-0.4, -0.2) is 46.2 Å². The fourth-order valence-electron chi connectivity index (χ4n) is 2.73. The first kappa shape index (κ1) is 12.5. The summed E-state index contributed by atoms with van der Waals surface area (Å²) >= 11 is 0. The summed E-state index contributed by atoms with van der Waals surface area (Å²) in [5.41, 5.74) is -0.751. The normalized spacial score (nSPS) is 29.0. The van der Waals surface area contributed by atoms with Gasteiger partial charge in [-0.1, -0.05) is 13.8 Å². The molecule has 2 fully saturated rings. The second kappa shape index (κ2) is 4.38. The molecule has 0 aromatic heterocycles. The first-order valence-electron chi connectivity index (χ1n) is 6.24. The number of carbonyl (C=O) groups excluding carboxylic acids is 2. The van der Waals surface area contributed by atoms with Crippen molar-refractivity contribution in [2.24, 2.45) is 0 Å². The van der Waals surface area contributed by atoms with E-state index in [0.717, 1.165) is 0 Å². The molecule has 0 radical (unpaired) electrons. The van der Waals surface area contributed by atoms with E-state index in [1.165, 1.54) is 4.90 Å². The second-order valence-corrected chi connectivity index (χ2v) is 4.79. The fraction of sp³-hybridized carbons (Fsp3) is 0.833. The van der Waals surface area contributed by atoms with Crippen molar-refractivity contribution in [1.29, 1.82) is 0 Å². The van der Waals surface area contributed by atoms with E-state index in [0.29, 0.717) is 25.7 Å². The molecule has 0 saturated carbocycles. The van der Waals surface area contributed by atoms with E-state index in [-0.39, 0.29) is 18.4 Å². The number of imide groups is 1. The number of ether oxygens (including phenoxy) is 1. The molecule has 2 saturated heterocycles. The monoisotopic (exact) mass is 241 g/mol. The number of fused-ring (bicyclic) bond motifs is 2. The Morgan fingerprint density at radius 1 is 1.24 bits per heavy atom. The van der Waals surface area contributed by atoms with Crippen LogP contribution in [0.5, 0.6) is 0 Å². The maximum Gasteiger partial charge on any atom is 0.259 e. The van der Waals surface area contributed by atoms with Crippen molar-refractivity contribution in [2.45, 2.75) is 57.3 Å². The Bertz CT molecular complexity index is 307. The first-order chi connectivity index (χ1) is 8.09. The SMILES string of the molecule is CCC(CC)(CO)N1C(=O)C2CCC(O2)C1=O. The Morgan fingerprint density at radius 2 is 1.71 bits per heavy atom. The molecule has 1 N–H and O–H groups in total. The lowest BCUT2D eigenvalue weighted by atomic mass is 9.90. The third kappa shape index (κ3) is 1.68. The third-order valence-corrected chi connectivity index (χ3v) is 4.10. The lowest BCUT2D eigenvalue weighted by Gasteiger charge is -2.43. The standard InChI is InChI=1S/C12H19NO4/c1-3-12(4-2,7-14)13-10(15)8-5-6-9(17-8)11(13)16/h8-9,14H,3-7H2,1-2H3. The van der Waals surface area contributed by atoms with E-state index in [4.69, 9.17) is 4.74 Å².